The normalized spacial score (nSPS) is 15.6. The number of rotatable bonds is 8. The van der Waals surface area contributed by atoms with Gasteiger partial charge in [0.2, 0.25) is 15.9 Å². The van der Waals surface area contributed by atoms with E-state index >= 15 is 0 Å². The molecular formula is C21H33N3O4S. The number of piperazine rings is 1. The van der Waals surface area contributed by atoms with Crippen LogP contribution >= 0.6 is 0 Å². The van der Waals surface area contributed by atoms with E-state index in [1.165, 1.54) is 23.4 Å². The molecule has 8 heteroatoms. The molecule has 0 bridgehead atoms. The molecule has 29 heavy (non-hydrogen) atoms. The Bertz CT molecular complexity index is 796. The summed E-state index contributed by atoms with van der Waals surface area (Å²) in [5, 5.41) is 0. The first kappa shape index (κ1) is 23.3. The monoisotopic (exact) mass is 423 g/mol. The number of benzene rings is 1. The van der Waals surface area contributed by atoms with Crippen LogP contribution in [0.15, 0.2) is 29.2 Å². The SMILES string of the molecule is CCC(CC)CN(CC)C(=O)c1ccc(S(=O)(=O)N2CCN(C(C)=O)CC2)cc1. The first-order valence-electron chi connectivity index (χ1n) is 10.4. The number of sulfonamides is 1. The van der Waals surface area contributed by atoms with Crippen molar-refractivity contribution in [2.75, 3.05) is 39.3 Å². The van der Waals surface area contributed by atoms with Crippen LogP contribution < -0.4 is 0 Å². The van der Waals surface area contributed by atoms with Crippen LogP contribution in [0.2, 0.25) is 0 Å². The average molecular weight is 424 g/mol. The highest BCUT2D eigenvalue weighted by molar-refractivity contribution is 7.89. The molecule has 0 atom stereocenters. The number of hydrogen-bond donors (Lipinski definition) is 0. The molecule has 1 saturated heterocycles. The smallest absolute Gasteiger partial charge is 0.253 e. The first-order valence-corrected chi connectivity index (χ1v) is 11.8. The molecule has 7 nitrogen and oxygen atoms in total. The van der Waals surface area contributed by atoms with Gasteiger partial charge in [-0.05, 0) is 37.1 Å². The maximum atomic E-state index is 12.9. The molecule has 1 aromatic carbocycles. The molecule has 0 aromatic heterocycles. The Labute approximate surface area is 174 Å². The van der Waals surface area contributed by atoms with E-state index in [4.69, 9.17) is 0 Å². The summed E-state index contributed by atoms with van der Waals surface area (Å²) in [4.78, 5) is 27.9. The van der Waals surface area contributed by atoms with Crippen molar-refractivity contribution in [3.05, 3.63) is 29.8 Å². The van der Waals surface area contributed by atoms with E-state index in [1.54, 1.807) is 17.0 Å². The molecule has 0 saturated carbocycles. The van der Waals surface area contributed by atoms with Crippen molar-refractivity contribution < 1.29 is 18.0 Å². The second kappa shape index (κ2) is 10.2. The van der Waals surface area contributed by atoms with Crippen molar-refractivity contribution in [2.45, 2.75) is 45.4 Å². The Morgan fingerprint density at radius 2 is 1.55 bits per heavy atom. The quantitative estimate of drug-likeness (QED) is 0.643. The van der Waals surface area contributed by atoms with Crippen LogP contribution in [0.25, 0.3) is 0 Å². The number of hydrogen-bond acceptors (Lipinski definition) is 4. The minimum absolute atomic E-state index is 0.0428. The van der Waals surface area contributed by atoms with E-state index < -0.39 is 10.0 Å². The maximum Gasteiger partial charge on any atom is 0.253 e. The standard InChI is InChI=1S/C21H33N3O4S/c1-5-18(6-2)16-22(7-3)21(26)19-8-10-20(11-9-19)29(27,28)24-14-12-23(13-15-24)17(4)25/h8-11,18H,5-7,12-16H2,1-4H3. The number of carbonyl (C=O) groups excluding carboxylic acids is 2. The second-order valence-corrected chi connectivity index (χ2v) is 9.40. The van der Waals surface area contributed by atoms with Gasteiger partial charge in [0, 0.05) is 51.8 Å². The van der Waals surface area contributed by atoms with Crippen LogP contribution in [0.5, 0.6) is 0 Å². The highest BCUT2D eigenvalue weighted by Gasteiger charge is 2.29. The van der Waals surface area contributed by atoms with E-state index in [1.807, 2.05) is 11.8 Å². The third-order valence-electron chi connectivity index (χ3n) is 5.73. The van der Waals surface area contributed by atoms with Gasteiger partial charge in [-0.25, -0.2) is 8.42 Å². The van der Waals surface area contributed by atoms with E-state index in [0.717, 1.165) is 12.8 Å². The van der Waals surface area contributed by atoms with E-state index in [-0.39, 0.29) is 29.8 Å². The molecule has 1 aliphatic heterocycles. The van der Waals surface area contributed by atoms with E-state index in [0.29, 0.717) is 37.7 Å². The fraction of sp³-hybridized carbons (Fsp3) is 0.619. The van der Waals surface area contributed by atoms with Gasteiger partial charge in [-0.2, -0.15) is 4.31 Å². The number of nitrogens with zero attached hydrogens (tertiary/aromatic N) is 3. The Morgan fingerprint density at radius 3 is 2.00 bits per heavy atom. The minimum Gasteiger partial charge on any atom is -0.340 e. The van der Waals surface area contributed by atoms with Crippen molar-refractivity contribution in [1.82, 2.24) is 14.1 Å². The largest absolute Gasteiger partial charge is 0.340 e. The second-order valence-electron chi connectivity index (χ2n) is 7.46. The maximum absolute atomic E-state index is 12.9. The Morgan fingerprint density at radius 1 is 1.00 bits per heavy atom. The third kappa shape index (κ3) is 5.57. The van der Waals surface area contributed by atoms with Crippen molar-refractivity contribution in [2.24, 2.45) is 5.92 Å². The van der Waals surface area contributed by atoms with Gasteiger partial charge in [-0.15, -0.1) is 0 Å². The molecule has 162 valence electrons. The minimum atomic E-state index is -3.64. The topological polar surface area (TPSA) is 78.0 Å². The van der Waals surface area contributed by atoms with Crippen molar-refractivity contribution in [3.8, 4) is 0 Å². The summed E-state index contributed by atoms with van der Waals surface area (Å²) in [6.45, 7) is 10.4. The zero-order valence-corrected chi connectivity index (χ0v) is 18.7. The van der Waals surface area contributed by atoms with Gasteiger partial charge in [0.1, 0.15) is 0 Å². The molecule has 0 N–H and O–H groups in total. The average Bonchev–Trinajstić information content (AvgIpc) is 2.74. The van der Waals surface area contributed by atoms with Gasteiger partial charge in [-0.1, -0.05) is 26.7 Å². The number of amides is 2. The van der Waals surface area contributed by atoms with Crippen LogP contribution in [0.3, 0.4) is 0 Å². The van der Waals surface area contributed by atoms with E-state index in [9.17, 15) is 18.0 Å². The Hall–Kier alpha value is -1.93. The molecule has 1 aromatic rings. The summed E-state index contributed by atoms with van der Waals surface area (Å²) >= 11 is 0. The molecule has 2 rings (SSSR count). The van der Waals surface area contributed by atoms with E-state index in [2.05, 4.69) is 13.8 Å². The first-order chi connectivity index (χ1) is 13.7. The molecule has 0 unspecified atom stereocenters. The molecule has 0 spiro atoms. The third-order valence-corrected chi connectivity index (χ3v) is 7.64. The van der Waals surface area contributed by atoms with Gasteiger partial charge in [0.15, 0.2) is 0 Å². The summed E-state index contributed by atoms with van der Waals surface area (Å²) in [5.74, 6) is 0.351. The molecule has 2 amide bonds. The zero-order chi connectivity index (χ0) is 21.6. The molecular weight excluding hydrogens is 390 g/mol. The van der Waals surface area contributed by atoms with Crippen molar-refractivity contribution >= 4 is 21.8 Å². The van der Waals surface area contributed by atoms with Crippen LogP contribution in [-0.4, -0.2) is 73.6 Å². The van der Waals surface area contributed by atoms with Gasteiger partial charge in [-0.3, -0.25) is 9.59 Å². The Balaban J connectivity index is 2.10. The zero-order valence-electron chi connectivity index (χ0n) is 17.9. The van der Waals surface area contributed by atoms with Gasteiger partial charge >= 0.3 is 0 Å². The lowest BCUT2D eigenvalue weighted by atomic mass is 10.0. The summed E-state index contributed by atoms with van der Waals surface area (Å²) in [6.07, 6.45) is 2.04. The lowest BCUT2D eigenvalue weighted by molar-refractivity contribution is -0.129. The van der Waals surface area contributed by atoms with Gasteiger partial charge < -0.3 is 9.80 Å². The molecule has 0 radical (unpaired) electrons. The fourth-order valence-corrected chi connectivity index (χ4v) is 4.98. The Kier molecular flexibility index (Phi) is 8.22. The highest BCUT2D eigenvalue weighted by Crippen LogP contribution is 2.20. The molecule has 1 aliphatic rings. The van der Waals surface area contributed by atoms with Gasteiger partial charge in [0.05, 0.1) is 4.90 Å². The lowest BCUT2D eigenvalue weighted by Gasteiger charge is -2.33. The van der Waals surface area contributed by atoms with Gasteiger partial charge in [0.25, 0.3) is 5.91 Å². The summed E-state index contributed by atoms with van der Waals surface area (Å²) < 4.78 is 27.2. The summed E-state index contributed by atoms with van der Waals surface area (Å²) in [6, 6.07) is 6.20. The van der Waals surface area contributed by atoms with Crippen LogP contribution in [0, 0.1) is 5.92 Å². The summed E-state index contributed by atoms with van der Waals surface area (Å²) in [7, 11) is -3.64. The van der Waals surface area contributed by atoms with Crippen molar-refractivity contribution in [3.63, 3.8) is 0 Å². The predicted octanol–water partition coefficient (Wildman–Crippen LogP) is 2.44. The molecule has 1 fully saturated rings. The predicted molar refractivity (Wildman–Crippen MR) is 113 cm³/mol. The van der Waals surface area contributed by atoms with Crippen molar-refractivity contribution in [1.29, 1.82) is 0 Å². The molecule has 1 heterocycles. The number of carbonyl (C=O) groups is 2. The summed E-state index contributed by atoms with van der Waals surface area (Å²) in [5.41, 5.74) is 0.498. The van der Waals surface area contributed by atoms with Crippen LogP contribution in [-0.2, 0) is 14.8 Å². The molecule has 0 aliphatic carbocycles. The lowest BCUT2D eigenvalue weighted by Crippen LogP contribution is -2.49. The van der Waals surface area contributed by atoms with Crippen LogP contribution in [0.4, 0.5) is 0 Å². The highest BCUT2D eigenvalue weighted by atomic mass is 32.2. The van der Waals surface area contributed by atoms with Crippen LogP contribution in [0.1, 0.15) is 50.9 Å². The fourth-order valence-electron chi connectivity index (χ4n) is 3.56.